The van der Waals surface area contributed by atoms with E-state index in [4.69, 9.17) is 19.2 Å². The summed E-state index contributed by atoms with van der Waals surface area (Å²) >= 11 is 0. The third-order valence-electron chi connectivity index (χ3n) is 10.8. The highest BCUT2D eigenvalue weighted by Crippen LogP contribution is 2.26. The van der Waals surface area contributed by atoms with Crippen molar-refractivity contribution in [3.8, 4) is 17.1 Å². The molecule has 2 aromatic carbocycles. The number of aromatic nitrogens is 6. The second kappa shape index (κ2) is 20.8. The third-order valence-corrected chi connectivity index (χ3v) is 12.0. The van der Waals surface area contributed by atoms with E-state index in [1.165, 1.54) is 10.6 Å². The fourth-order valence-corrected chi connectivity index (χ4v) is 8.63. The van der Waals surface area contributed by atoms with Crippen LogP contribution in [0.1, 0.15) is 59.4 Å². The third kappa shape index (κ3) is 11.0. The summed E-state index contributed by atoms with van der Waals surface area (Å²) in [5, 5.41) is 16.9. The molecule has 1 unspecified atom stereocenters. The number of nitrogens with one attached hydrogen (secondary N) is 3. The second-order valence-electron chi connectivity index (χ2n) is 15.3. The number of imide groups is 1. The molecule has 1 atom stereocenters. The lowest BCUT2D eigenvalue weighted by Crippen LogP contribution is -2.44. The highest BCUT2D eigenvalue weighted by Gasteiger charge is 2.31. The van der Waals surface area contributed by atoms with Gasteiger partial charge in [0.1, 0.15) is 18.2 Å². The average molecular weight is 894 g/mol. The van der Waals surface area contributed by atoms with Gasteiger partial charge < -0.3 is 24.8 Å². The number of nitrogens with zero attached hydrogens (tertiary/aromatic N) is 6. The Balaban J connectivity index is 0.790. The first-order valence-electron chi connectivity index (χ1n) is 21.1. The van der Waals surface area contributed by atoms with Gasteiger partial charge in [0, 0.05) is 62.8 Å². The molecular formula is C45H51N9O9S. The molecule has 5 heterocycles. The van der Waals surface area contributed by atoms with Crippen LogP contribution in [0.15, 0.2) is 82.6 Å². The molecule has 64 heavy (non-hydrogen) atoms. The number of hydrogen-bond donors (Lipinski definition) is 3. The molecule has 1 fully saturated rings. The van der Waals surface area contributed by atoms with Crippen LogP contribution in [0.3, 0.4) is 0 Å². The number of carbonyl (C=O) groups is 3. The summed E-state index contributed by atoms with van der Waals surface area (Å²) in [6.07, 6.45) is 5.23. The van der Waals surface area contributed by atoms with Gasteiger partial charge in [-0.25, -0.2) is 23.2 Å². The highest BCUT2D eigenvalue weighted by molar-refractivity contribution is 7.90. The van der Waals surface area contributed by atoms with E-state index < -0.39 is 27.7 Å². The Kier molecular flexibility index (Phi) is 14.9. The Morgan fingerprint density at radius 1 is 0.906 bits per heavy atom. The number of rotatable bonds is 21. The summed E-state index contributed by atoms with van der Waals surface area (Å²) in [5.74, 6) is -0.753. The minimum absolute atomic E-state index is 0.0695. The highest BCUT2D eigenvalue weighted by atomic mass is 32.2. The predicted octanol–water partition coefficient (Wildman–Crippen LogP) is 3.25. The summed E-state index contributed by atoms with van der Waals surface area (Å²) in [6, 6.07) is 18.7. The second-order valence-corrected chi connectivity index (χ2v) is 17.3. The number of ether oxygens (including phenoxy) is 3. The molecule has 18 nitrogen and oxygen atoms in total. The molecule has 6 aromatic rings. The molecule has 0 radical (unpaired) electrons. The zero-order chi connectivity index (χ0) is 45.2. The van der Waals surface area contributed by atoms with Gasteiger partial charge in [0.2, 0.25) is 17.7 Å². The van der Waals surface area contributed by atoms with Gasteiger partial charge in [-0.05, 0) is 79.3 Å². The van der Waals surface area contributed by atoms with E-state index >= 15 is 0 Å². The number of amides is 3. The Labute approximate surface area is 369 Å². The lowest BCUT2D eigenvalue weighted by molar-refractivity contribution is -0.135. The van der Waals surface area contributed by atoms with Crippen molar-refractivity contribution < 1.29 is 37.0 Å². The number of sulfone groups is 1. The molecule has 3 amide bonds. The van der Waals surface area contributed by atoms with Crippen LogP contribution in [0, 0.1) is 0 Å². The Hall–Kier alpha value is -6.41. The monoisotopic (exact) mass is 893 g/mol. The van der Waals surface area contributed by atoms with Crippen molar-refractivity contribution in [2.24, 2.45) is 7.05 Å². The maximum absolute atomic E-state index is 13.2. The summed E-state index contributed by atoms with van der Waals surface area (Å²) in [7, 11) is -1.80. The maximum Gasteiger partial charge on any atom is 0.329 e. The van der Waals surface area contributed by atoms with Crippen LogP contribution in [-0.2, 0) is 55.3 Å². The fraction of sp³-hybridized carbons (Fsp3) is 0.378. The quantitative estimate of drug-likeness (QED) is 0.0697. The summed E-state index contributed by atoms with van der Waals surface area (Å²) < 4.78 is 45.0. The van der Waals surface area contributed by atoms with Crippen molar-refractivity contribution in [2.45, 2.75) is 56.5 Å². The van der Waals surface area contributed by atoms with Crippen LogP contribution in [0.4, 0.5) is 0 Å². The molecule has 3 N–H and O–H groups in total. The number of piperidine rings is 1. The van der Waals surface area contributed by atoms with Crippen molar-refractivity contribution in [1.82, 2.24) is 45.2 Å². The fourth-order valence-electron chi connectivity index (χ4n) is 7.60. The Morgan fingerprint density at radius 3 is 2.52 bits per heavy atom. The predicted molar refractivity (Wildman–Crippen MR) is 238 cm³/mol. The van der Waals surface area contributed by atoms with Gasteiger partial charge in [-0.3, -0.25) is 28.8 Å². The summed E-state index contributed by atoms with van der Waals surface area (Å²) in [4.78, 5) is 59.5. The van der Waals surface area contributed by atoms with Gasteiger partial charge in [0.25, 0.3) is 5.91 Å². The minimum Gasteiger partial charge on any atom is -0.476 e. The lowest BCUT2D eigenvalue weighted by atomic mass is 10.0. The number of benzene rings is 2. The molecule has 7 rings (SSSR count). The van der Waals surface area contributed by atoms with Crippen LogP contribution < -0.4 is 26.4 Å². The number of pyridine rings is 2. The van der Waals surface area contributed by atoms with E-state index in [-0.39, 0.29) is 35.0 Å². The number of hydrogen-bond acceptors (Lipinski definition) is 14. The lowest BCUT2D eigenvalue weighted by Gasteiger charge is -2.21. The number of imidazole rings is 1. The first kappa shape index (κ1) is 45.6. The van der Waals surface area contributed by atoms with Crippen molar-refractivity contribution in [3.05, 3.63) is 106 Å². The van der Waals surface area contributed by atoms with Crippen molar-refractivity contribution >= 4 is 49.6 Å². The molecule has 0 aliphatic carbocycles. The van der Waals surface area contributed by atoms with Crippen molar-refractivity contribution in [1.29, 1.82) is 0 Å². The van der Waals surface area contributed by atoms with Gasteiger partial charge in [-0.2, -0.15) is 5.10 Å². The van der Waals surface area contributed by atoms with E-state index in [0.29, 0.717) is 105 Å². The molecule has 19 heteroatoms. The smallest absolute Gasteiger partial charge is 0.329 e. The Morgan fingerprint density at radius 2 is 1.72 bits per heavy atom. The van der Waals surface area contributed by atoms with Crippen LogP contribution in [0.5, 0.6) is 5.88 Å². The van der Waals surface area contributed by atoms with E-state index in [0.717, 1.165) is 29.3 Å². The molecule has 1 aliphatic heterocycles. The molecule has 0 saturated carbocycles. The number of carbonyl (C=O) groups excluding carboxylic acids is 3. The van der Waals surface area contributed by atoms with Crippen LogP contribution in [-0.4, -0.2) is 108 Å². The number of para-hydroxylation sites is 1. The molecule has 336 valence electrons. The topological polar surface area (TPSA) is 228 Å². The SMILES string of the molecule is CCc1ccc(C(=O)NCc2cc3nc(-c4ccnc(OCCNCCOCCOCCCc5cccc6c5n(C)c(=O)n6C5CCC(=O)NC5=O)c4)ccc3nn2)cc1S(C)(=O)=O. The van der Waals surface area contributed by atoms with E-state index in [9.17, 15) is 27.6 Å². The van der Waals surface area contributed by atoms with Crippen LogP contribution in [0.25, 0.3) is 33.3 Å². The van der Waals surface area contributed by atoms with E-state index in [1.807, 2.05) is 49.4 Å². The van der Waals surface area contributed by atoms with Crippen LogP contribution >= 0.6 is 0 Å². The standard InChI is InChI=1S/C45H51N9O9S/c1-4-29-10-11-32(25-39(29)64(3,59)60)43(56)48-28-33-27-36-35(52-51-33)13-12-34(49-36)31-16-17-47-41(26-31)63-22-19-46-18-21-62-24-23-61-20-6-8-30-7-5-9-37-42(30)53(2)45(58)54(37)38-14-15-40(55)50-44(38)57/h5,7,9-13,16-17,25-27,38,46H,4,6,8,14-15,18-24,28H2,1-3H3,(H,48,56)(H,50,55,57). The Bertz CT molecular complexity index is 2840. The van der Waals surface area contributed by atoms with Gasteiger partial charge >= 0.3 is 5.69 Å². The molecule has 4 aromatic heterocycles. The largest absolute Gasteiger partial charge is 0.476 e. The zero-order valence-corrected chi connectivity index (χ0v) is 36.8. The molecule has 1 saturated heterocycles. The van der Waals surface area contributed by atoms with Crippen LogP contribution in [0.2, 0.25) is 0 Å². The molecular weight excluding hydrogens is 843 g/mol. The maximum atomic E-state index is 13.2. The van der Waals surface area contributed by atoms with Gasteiger partial charge in [-0.15, -0.1) is 5.10 Å². The average Bonchev–Trinajstić information content (AvgIpc) is 3.54. The van der Waals surface area contributed by atoms with Crippen molar-refractivity contribution in [2.75, 3.05) is 52.4 Å². The zero-order valence-electron chi connectivity index (χ0n) is 36.0. The van der Waals surface area contributed by atoms with Crippen molar-refractivity contribution in [3.63, 3.8) is 0 Å². The van der Waals surface area contributed by atoms with Gasteiger partial charge in [0.15, 0.2) is 9.84 Å². The number of fused-ring (bicyclic) bond motifs is 2. The molecule has 0 spiro atoms. The van der Waals surface area contributed by atoms with E-state index in [1.54, 1.807) is 36.0 Å². The van der Waals surface area contributed by atoms with Gasteiger partial charge in [0.05, 0.1) is 59.2 Å². The number of aryl methyl sites for hydroxylation is 3. The molecule has 0 bridgehead atoms. The normalized spacial score (nSPS) is 14.3. The molecule has 1 aliphatic rings. The summed E-state index contributed by atoms with van der Waals surface area (Å²) in [5.41, 5.74) is 6.18. The first-order chi connectivity index (χ1) is 30.9. The first-order valence-corrected chi connectivity index (χ1v) is 23.0. The minimum atomic E-state index is -3.50. The summed E-state index contributed by atoms with van der Waals surface area (Å²) in [6.45, 7) is 5.45. The van der Waals surface area contributed by atoms with E-state index in [2.05, 4.69) is 31.1 Å². The van der Waals surface area contributed by atoms with Gasteiger partial charge in [-0.1, -0.05) is 25.1 Å².